The normalized spacial score (nSPS) is 22.6. The van der Waals surface area contributed by atoms with E-state index < -0.39 is 17.6 Å². The van der Waals surface area contributed by atoms with Gasteiger partial charge in [-0.1, -0.05) is 12.1 Å². The van der Waals surface area contributed by atoms with Gasteiger partial charge in [-0.25, -0.2) is 0 Å². The number of benzene rings is 1. The van der Waals surface area contributed by atoms with Crippen LogP contribution in [-0.4, -0.2) is 50.3 Å². The van der Waals surface area contributed by atoms with Crippen molar-refractivity contribution in [1.29, 1.82) is 0 Å². The first-order valence-electron chi connectivity index (χ1n) is 6.39. The zero-order valence-corrected chi connectivity index (χ0v) is 11.7. The molecule has 7 heteroatoms. The van der Waals surface area contributed by atoms with Crippen molar-refractivity contribution in [3.05, 3.63) is 35.4 Å². The van der Waals surface area contributed by atoms with Crippen LogP contribution in [0.3, 0.4) is 0 Å². The van der Waals surface area contributed by atoms with Crippen LogP contribution in [0, 0.1) is 0 Å². The second-order valence-electron chi connectivity index (χ2n) is 4.80. The van der Waals surface area contributed by atoms with Crippen molar-refractivity contribution in [3.63, 3.8) is 0 Å². The number of hydrogen-bond donors (Lipinski definition) is 0. The van der Waals surface area contributed by atoms with Crippen molar-refractivity contribution in [2.75, 3.05) is 27.3 Å². The number of rotatable bonds is 3. The third kappa shape index (κ3) is 3.19. The lowest BCUT2D eigenvalue weighted by molar-refractivity contribution is -0.138. The first kappa shape index (κ1) is 15.8. The van der Waals surface area contributed by atoms with E-state index in [9.17, 15) is 18.0 Å². The van der Waals surface area contributed by atoms with Crippen LogP contribution in [-0.2, 0) is 15.7 Å². The lowest BCUT2D eigenvalue weighted by atomic mass is 10.1. The predicted molar refractivity (Wildman–Crippen MR) is 68.9 cm³/mol. The Labute approximate surface area is 120 Å². The lowest BCUT2D eigenvalue weighted by Crippen LogP contribution is -2.31. The lowest BCUT2D eigenvalue weighted by Gasteiger charge is -2.19. The number of methoxy groups -OCH3 is 2. The zero-order valence-electron chi connectivity index (χ0n) is 11.7. The SMILES string of the molecule is CO[C@H]1CN(C(=O)c2ccccc2C(F)(F)F)C[C@H]1OC. The third-order valence-corrected chi connectivity index (χ3v) is 3.57. The number of likely N-dealkylation sites (tertiary alicyclic amines) is 1. The Morgan fingerprint density at radius 1 is 1.14 bits per heavy atom. The summed E-state index contributed by atoms with van der Waals surface area (Å²) in [5.41, 5.74) is -1.28. The minimum absolute atomic E-state index is 0.208. The van der Waals surface area contributed by atoms with Gasteiger partial charge in [0.1, 0.15) is 12.2 Å². The molecule has 0 aromatic heterocycles. The number of carbonyl (C=O) groups excluding carboxylic acids is 1. The summed E-state index contributed by atoms with van der Waals surface area (Å²) >= 11 is 0. The number of hydrogen-bond acceptors (Lipinski definition) is 3. The molecule has 2 atom stereocenters. The molecule has 0 saturated carbocycles. The summed E-state index contributed by atoms with van der Waals surface area (Å²) < 4.78 is 49.3. The van der Waals surface area contributed by atoms with Gasteiger partial charge in [-0.15, -0.1) is 0 Å². The zero-order chi connectivity index (χ0) is 15.6. The molecule has 1 aliphatic heterocycles. The van der Waals surface area contributed by atoms with Crippen molar-refractivity contribution in [1.82, 2.24) is 4.90 Å². The van der Waals surface area contributed by atoms with Crippen molar-refractivity contribution in [2.24, 2.45) is 0 Å². The number of nitrogens with zero attached hydrogens (tertiary/aromatic N) is 1. The van der Waals surface area contributed by atoms with Crippen molar-refractivity contribution >= 4 is 5.91 Å². The molecule has 0 spiro atoms. The summed E-state index contributed by atoms with van der Waals surface area (Å²) in [6, 6.07) is 4.78. The summed E-state index contributed by atoms with van der Waals surface area (Å²) in [5.74, 6) is -0.662. The number of ether oxygens (including phenoxy) is 2. The maximum atomic E-state index is 13.0. The van der Waals surface area contributed by atoms with E-state index in [1.54, 1.807) is 0 Å². The smallest absolute Gasteiger partial charge is 0.377 e. The fraction of sp³-hybridized carbons (Fsp3) is 0.500. The van der Waals surface area contributed by atoms with Gasteiger partial charge in [0.05, 0.1) is 11.1 Å². The van der Waals surface area contributed by atoms with Crippen LogP contribution in [0.15, 0.2) is 24.3 Å². The molecule has 0 aliphatic carbocycles. The molecule has 0 radical (unpaired) electrons. The second-order valence-corrected chi connectivity index (χ2v) is 4.80. The average Bonchev–Trinajstić information content (AvgIpc) is 2.89. The van der Waals surface area contributed by atoms with Gasteiger partial charge in [-0.05, 0) is 12.1 Å². The molecule has 1 aromatic carbocycles. The minimum Gasteiger partial charge on any atom is -0.377 e. The molecule has 1 saturated heterocycles. The predicted octanol–water partition coefficient (Wildman–Crippen LogP) is 2.19. The highest BCUT2D eigenvalue weighted by atomic mass is 19.4. The van der Waals surface area contributed by atoms with Gasteiger partial charge < -0.3 is 14.4 Å². The Morgan fingerprint density at radius 2 is 1.67 bits per heavy atom. The van der Waals surface area contributed by atoms with Crippen molar-refractivity contribution in [2.45, 2.75) is 18.4 Å². The van der Waals surface area contributed by atoms with Crippen molar-refractivity contribution in [3.8, 4) is 0 Å². The van der Waals surface area contributed by atoms with E-state index in [1.165, 1.54) is 37.3 Å². The number of carbonyl (C=O) groups is 1. The Kier molecular flexibility index (Phi) is 4.53. The fourth-order valence-electron chi connectivity index (χ4n) is 2.45. The second kappa shape index (κ2) is 6.03. The van der Waals surface area contributed by atoms with Crippen LogP contribution in [0.2, 0.25) is 0 Å². The molecular weight excluding hydrogens is 287 g/mol. The molecule has 116 valence electrons. The van der Waals surface area contributed by atoms with E-state index in [0.717, 1.165) is 6.07 Å². The Hall–Kier alpha value is -1.60. The Balaban J connectivity index is 2.26. The van der Waals surface area contributed by atoms with E-state index in [4.69, 9.17) is 9.47 Å². The first-order valence-corrected chi connectivity index (χ1v) is 6.39. The average molecular weight is 303 g/mol. The van der Waals surface area contributed by atoms with E-state index in [2.05, 4.69) is 0 Å². The van der Waals surface area contributed by atoms with Crippen LogP contribution in [0.4, 0.5) is 13.2 Å². The summed E-state index contributed by atoms with van der Waals surface area (Å²) in [4.78, 5) is 13.7. The maximum absolute atomic E-state index is 13.0. The maximum Gasteiger partial charge on any atom is 0.417 e. The quantitative estimate of drug-likeness (QED) is 0.859. The fourth-order valence-corrected chi connectivity index (χ4v) is 2.45. The molecule has 21 heavy (non-hydrogen) atoms. The van der Waals surface area contributed by atoms with Crippen LogP contribution in [0.25, 0.3) is 0 Å². The Bertz CT molecular complexity index is 506. The van der Waals surface area contributed by atoms with Gasteiger partial charge in [-0.3, -0.25) is 4.79 Å². The van der Waals surface area contributed by atoms with Crippen LogP contribution in [0.1, 0.15) is 15.9 Å². The van der Waals surface area contributed by atoms with E-state index in [0.29, 0.717) is 0 Å². The monoisotopic (exact) mass is 303 g/mol. The summed E-state index contributed by atoms with van der Waals surface area (Å²) in [6.45, 7) is 0.417. The topological polar surface area (TPSA) is 38.8 Å². The van der Waals surface area contributed by atoms with E-state index in [-0.39, 0.29) is 30.9 Å². The molecule has 2 rings (SSSR count). The number of halogens is 3. The van der Waals surface area contributed by atoms with Crippen LogP contribution in [0.5, 0.6) is 0 Å². The molecule has 0 N–H and O–H groups in total. The molecule has 1 heterocycles. The number of alkyl halides is 3. The standard InChI is InChI=1S/C14H16F3NO3/c1-20-11-7-18(8-12(11)21-2)13(19)9-5-3-4-6-10(9)14(15,16)17/h3-6,11-12H,7-8H2,1-2H3/t11-,12+. The highest BCUT2D eigenvalue weighted by Gasteiger charge is 2.40. The molecule has 1 fully saturated rings. The molecule has 1 aromatic rings. The Morgan fingerprint density at radius 3 is 2.14 bits per heavy atom. The van der Waals surface area contributed by atoms with Gasteiger partial charge in [0.2, 0.25) is 0 Å². The van der Waals surface area contributed by atoms with Crippen LogP contribution >= 0.6 is 0 Å². The summed E-state index contributed by atoms with van der Waals surface area (Å²) in [5, 5.41) is 0. The summed E-state index contributed by atoms with van der Waals surface area (Å²) in [6.07, 6.45) is -5.23. The van der Waals surface area contributed by atoms with E-state index >= 15 is 0 Å². The van der Waals surface area contributed by atoms with Gasteiger partial charge in [0.25, 0.3) is 5.91 Å². The minimum atomic E-state index is -4.56. The largest absolute Gasteiger partial charge is 0.417 e. The molecular formula is C14H16F3NO3. The van der Waals surface area contributed by atoms with Gasteiger partial charge >= 0.3 is 6.18 Å². The highest BCUT2D eigenvalue weighted by Crippen LogP contribution is 2.33. The molecule has 1 amide bonds. The van der Waals surface area contributed by atoms with Crippen LogP contribution < -0.4 is 0 Å². The van der Waals surface area contributed by atoms with E-state index in [1.807, 2.05) is 0 Å². The number of amides is 1. The molecule has 1 aliphatic rings. The first-order chi connectivity index (χ1) is 9.88. The van der Waals surface area contributed by atoms with Crippen molar-refractivity contribution < 1.29 is 27.4 Å². The summed E-state index contributed by atoms with van der Waals surface area (Å²) in [7, 11) is 2.96. The van der Waals surface area contributed by atoms with Gasteiger partial charge in [0, 0.05) is 27.3 Å². The molecule has 0 bridgehead atoms. The highest BCUT2D eigenvalue weighted by molar-refractivity contribution is 5.96. The van der Waals surface area contributed by atoms with Gasteiger partial charge in [0.15, 0.2) is 0 Å². The third-order valence-electron chi connectivity index (χ3n) is 3.57. The van der Waals surface area contributed by atoms with Gasteiger partial charge in [-0.2, -0.15) is 13.2 Å². The molecule has 4 nitrogen and oxygen atoms in total. The molecule has 0 unspecified atom stereocenters.